The Balaban J connectivity index is 1.80. The first-order chi connectivity index (χ1) is 8.42. The highest BCUT2D eigenvalue weighted by molar-refractivity contribution is 7.90. The highest BCUT2D eigenvalue weighted by Gasteiger charge is 2.52. The molecule has 1 N–H and O–H groups in total. The summed E-state index contributed by atoms with van der Waals surface area (Å²) in [7, 11) is -3.12. The van der Waals surface area contributed by atoms with Crippen molar-refractivity contribution in [2.45, 2.75) is 69.6 Å². The molecular weight excluding hydrogens is 246 g/mol. The van der Waals surface area contributed by atoms with Gasteiger partial charge in [-0.1, -0.05) is 6.92 Å². The monoisotopic (exact) mass is 271 g/mol. The van der Waals surface area contributed by atoms with E-state index < -0.39 is 10.0 Å². The van der Waals surface area contributed by atoms with E-state index in [0.717, 1.165) is 37.0 Å². The normalized spacial score (nSPS) is 44.2. The van der Waals surface area contributed by atoms with Crippen LogP contribution in [0.15, 0.2) is 0 Å². The molecule has 4 rings (SSSR count). The van der Waals surface area contributed by atoms with Crippen LogP contribution < -0.4 is 4.72 Å². The first-order valence-corrected chi connectivity index (χ1v) is 9.00. The van der Waals surface area contributed by atoms with Gasteiger partial charge in [0.2, 0.25) is 10.0 Å². The van der Waals surface area contributed by atoms with Crippen LogP contribution in [0.5, 0.6) is 0 Å². The third-order valence-electron chi connectivity index (χ3n) is 5.50. The minimum atomic E-state index is -3.12. The molecule has 0 heterocycles. The summed E-state index contributed by atoms with van der Waals surface area (Å²) < 4.78 is 27.8. The molecular formula is C14H25NO2S. The Labute approximate surface area is 111 Å². The van der Waals surface area contributed by atoms with E-state index in [1.54, 1.807) is 0 Å². The molecule has 1 atom stereocenters. The summed E-state index contributed by atoms with van der Waals surface area (Å²) in [6.45, 7) is 3.77. The summed E-state index contributed by atoms with van der Waals surface area (Å²) in [6.07, 6.45) is 8.03. The van der Waals surface area contributed by atoms with Crippen molar-refractivity contribution in [3.8, 4) is 0 Å². The SMILES string of the molecule is CCC(C)S(=O)(=O)NC12CC3CC(CC(C3)C1)C2. The van der Waals surface area contributed by atoms with Crippen molar-refractivity contribution in [2.75, 3.05) is 0 Å². The second-order valence-electron chi connectivity index (χ2n) is 7.06. The van der Waals surface area contributed by atoms with E-state index in [9.17, 15) is 8.42 Å². The van der Waals surface area contributed by atoms with E-state index >= 15 is 0 Å². The lowest BCUT2D eigenvalue weighted by Crippen LogP contribution is -2.60. The summed E-state index contributed by atoms with van der Waals surface area (Å²) in [6, 6.07) is 0. The molecule has 0 aromatic heterocycles. The Morgan fingerprint density at radius 3 is 1.94 bits per heavy atom. The molecule has 0 spiro atoms. The highest BCUT2D eigenvalue weighted by Crippen LogP contribution is 2.55. The maximum absolute atomic E-state index is 12.3. The zero-order chi connectivity index (χ0) is 13.0. The summed E-state index contributed by atoms with van der Waals surface area (Å²) in [5.41, 5.74) is -0.0724. The van der Waals surface area contributed by atoms with E-state index in [1.807, 2.05) is 13.8 Å². The topological polar surface area (TPSA) is 46.2 Å². The van der Waals surface area contributed by atoms with Crippen LogP contribution in [0, 0.1) is 17.8 Å². The molecule has 0 saturated heterocycles. The lowest BCUT2D eigenvalue weighted by molar-refractivity contribution is -0.00821. The van der Waals surface area contributed by atoms with Crippen molar-refractivity contribution < 1.29 is 8.42 Å². The quantitative estimate of drug-likeness (QED) is 0.854. The first-order valence-electron chi connectivity index (χ1n) is 7.45. The summed E-state index contributed by atoms with van der Waals surface area (Å²) in [4.78, 5) is 0. The first kappa shape index (κ1) is 12.9. The van der Waals surface area contributed by atoms with Crippen LogP contribution in [0.2, 0.25) is 0 Å². The maximum Gasteiger partial charge on any atom is 0.214 e. The van der Waals surface area contributed by atoms with Gasteiger partial charge in [-0.25, -0.2) is 13.1 Å². The van der Waals surface area contributed by atoms with Crippen LogP contribution in [-0.2, 0) is 10.0 Å². The van der Waals surface area contributed by atoms with Crippen LogP contribution in [0.25, 0.3) is 0 Å². The van der Waals surface area contributed by atoms with Crippen LogP contribution in [-0.4, -0.2) is 19.2 Å². The van der Waals surface area contributed by atoms with Gasteiger partial charge >= 0.3 is 0 Å². The van der Waals surface area contributed by atoms with Crippen molar-refractivity contribution in [2.24, 2.45) is 17.8 Å². The molecule has 4 aliphatic carbocycles. The van der Waals surface area contributed by atoms with E-state index in [-0.39, 0.29) is 10.8 Å². The van der Waals surface area contributed by atoms with Crippen molar-refractivity contribution in [3.05, 3.63) is 0 Å². The predicted octanol–water partition coefficient (Wildman–Crippen LogP) is 2.67. The van der Waals surface area contributed by atoms with Gasteiger partial charge in [0, 0.05) is 5.54 Å². The van der Waals surface area contributed by atoms with Gasteiger partial charge in [0.25, 0.3) is 0 Å². The Hall–Kier alpha value is -0.0900. The molecule has 0 aromatic rings. The number of hydrogen-bond donors (Lipinski definition) is 1. The highest BCUT2D eigenvalue weighted by atomic mass is 32.2. The van der Waals surface area contributed by atoms with Crippen molar-refractivity contribution in [1.82, 2.24) is 4.72 Å². The molecule has 4 saturated carbocycles. The lowest BCUT2D eigenvalue weighted by atomic mass is 9.53. The third-order valence-corrected chi connectivity index (χ3v) is 7.61. The molecule has 3 nitrogen and oxygen atoms in total. The number of hydrogen-bond acceptors (Lipinski definition) is 2. The average molecular weight is 271 g/mol. The summed E-state index contributed by atoms with van der Waals surface area (Å²) >= 11 is 0. The van der Waals surface area contributed by atoms with Gasteiger partial charge in [0.1, 0.15) is 0 Å². The third kappa shape index (κ3) is 2.11. The predicted molar refractivity (Wildman–Crippen MR) is 72.7 cm³/mol. The van der Waals surface area contributed by atoms with Crippen LogP contribution >= 0.6 is 0 Å². The van der Waals surface area contributed by atoms with E-state index in [2.05, 4.69) is 4.72 Å². The second-order valence-corrected chi connectivity index (χ2v) is 9.16. The van der Waals surface area contributed by atoms with Crippen LogP contribution in [0.3, 0.4) is 0 Å². The molecule has 0 amide bonds. The van der Waals surface area contributed by atoms with E-state index in [4.69, 9.17) is 0 Å². The van der Waals surface area contributed by atoms with Crippen molar-refractivity contribution in [1.29, 1.82) is 0 Å². The van der Waals surface area contributed by atoms with Crippen LogP contribution in [0.1, 0.15) is 58.8 Å². The minimum absolute atomic E-state index is 0.0724. The smallest absolute Gasteiger partial charge is 0.212 e. The molecule has 18 heavy (non-hydrogen) atoms. The van der Waals surface area contributed by atoms with Gasteiger partial charge in [-0.15, -0.1) is 0 Å². The standard InChI is InChI=1S/C14H25NO2S/c1-3-10(2)18(16,17)15-14-7-11-4-12(8-14)6-13(5-11)9-14/h10-13,15H,3-9H2,1-2H3. The molecule has 4 bridgehead atoms. The van der Waals surface area contributed by atoms with Gasteiger partial charge in [-0.05, 0) is 69.6 Å². The number of nitrogens with one attached hydrogen (secondary N) is 1. The van der Waals surface area contributed by atoms with Gasteiger partial charge in [-0.2, -0.15) is 0 Å². The Morgan fingerprint density at radius 1 is 1.11 bits per heavy atom. The summed E-state index contributed by atoms with van der Waals surface area (Å²) in [5, 5.41) is -0.259. The number of sulfonamides is 1. The zero-order valence-corrected chi connectivity index (χ0v) is 12.3. The van der Waals surface area contributed by atoms with Gasteiger partial charge in [0.05, 0.1) is 5.25 Å². The van der Waals surface area contributed by atoms with Gasteiger partial charge < -0.3 is 0 Å². The van der Waals surface area contributed by atoms with Crippen molar-refractivity contribution in [3.63, 3.8) is 0 Å². The molecule has 1 unspecified atom stereocenters. The second kappa shape index (κ2) is 4.20. The molecule has 0 radical (unpaired) electrons. The molecule has 0 aliphatic heterocycles. The van der Waals surface area contributed by atoms with E-state index in [1.165, 1.54) is 19.3 Å². The maximum atomic E-state index is 12.3. The largest absolute Gasteiger partial charge is 0.214 e. The van der Waals surface area contributed by atoms with Gasteiger partial charge in [0.15, 0.2) is 0 Å². The van der Waals surface area contributed by atoms with E-state index in [0.29, 0.717) is 6.42 Å². The fraction of sp³-hybridized carbons (Fsp3) is 1.00. The fourth-order valence-corrected chi connectivity index (χ4v) is 6.35. The minimum Gasteiger partial charge on any atom is -0.212 e. The summed E-state index contributed by atoms with van der Waals surface area (Å²) in [5.74, 6) is 2.36. The molecule has 4 aliphatic rings. The Morgan fingerprint density at radius 2 is 1.56 bits per heavy atom. The molecule has 4 heteroatoms. The zero-order valence-electron chi connectivity index (χ0n) is 11.5. The lowest BCUT2D eigenvalue weighted by Gasteiger charge is -2.56. The molecule has 0 aromatic carbocycles. The Bertz CT molecular complexity index is 394. The molecule has 104 valence electrons. The average Bonchev–Trinajstić information content (AvgIpc) is 2.24. The number of rotatable bonds is 4. The Kier molecular flexibility index (Phi) is 3.02. The van der Waals surface area contributed by atoms with Gasteiger partial charge in [-0.3, -0.25) is 0 Å². The molecule has 4 fully saturated rings. The van der Waals surface area contributed by atoms with Crippen LogP contribution in [0.4, 0.5) is 0 Å². The van der Waals surface area contributed by atoms with Crippen molar-refractivity contribution >= 4 is 10.0 Å². The fourth-order valence-electron chi connectivity index (χ4n) is 4.86.